The third-order valence-corrected chi connectivity index (χ3v) is 1.93. The second kappa shape index (κ2) is 5.41. The zero-order chi connectivity index (χ0) is 10.4. The van der Waals surface area contributed by atoms with E-state index in [-0.39, 0.29) is 0 Å². The summed E-state index contributed by atoms with van der Waals surface area (Å²) in [5.74, 6) is 3.16. The van der Waals surface area contributed by atoms with Crippen LogP contribution in [0.1, 0.15) is 12.8 Å². The number of terminal acetylenes is 1. The largest absolute Gasteiger partial charge is 0.491 e. The van der Waals surface area contributed by atoms with Crippen LogP contribution in [-0.2, 0) is 0 Å². The number of rotatable bonds is 4. The summed E-state index contributed by atoms with van der Waals surface area (Å²) in [6, 6.07) is 5.15. The Morgan fingerprint density at radius 1 is 1.50 bits per heavy atom. The number of hydrogen-bond donors (Lipinski definition) is 1. The molecule has 0 saturated carbocycles. The van der Waals surface area contributed by atoms with Gasteiger partial charge >= 0.3 is 0 Å². The fraction of sp³-hybridized carbons (Fsp3) is 0.273. The third-order valence-electron chi connectivity index (χ3n) is 1.70. The molecule has 0 aliphatic heterocycles. The molecule has 0 atom stereocenters. The Labute approximate surface area is 89.0 Å². The highest BCUT2D eigenvalue weighted by molar-refractivity contribution is 6.30. The van der Waals surface area contributed by atoms with Crippen molar-refractivity contribution in [1.29, 1.82) is 0 Å². The Kier molecular flexibility index (Phi) is 4.15. The molecule has 0 spiro atoms. The molecule has 0 saturated heterocycles. The molecule has 1 aromatic rings. The van der Waals surface area contributed by atoms with Crippen molar-refractivity contribution < 1.29 is 4.74 Å². The number of anilines is 1. The van der Waals surface area contributed by atoms with Gasteiger partial charge in [-0.15, -0.1) is 12.3 Å². The maximum atomic E-state index is 5.79. The molecular formula is C11H12ClNO. The van der Waals surface area contributed by atoms with E-state index in [1.807, 2.05) is 0 Å². The minimum Gasteiger partial charge on any atom is -0.491 e. The molecule has 0 fully saturated rings. The lowest BCUT2D eigenvalue weighted by Crippen LogP contribution is -1.99. The average molecular weight is 210 g/mol. The minimum atomic E-state index is 0.564. The average Bonchev–Trinajstić information content (AvgIpc) is 2.18. The minimum absolute atomic E-state index is 0.564. The number of nitrogens with two attached hydrogens (primary N) is 1. The predicted molar refractivity (Wildman–Crippen MR) is 59.4 cm³/mol. The Morgan fingerprint density at radius 3 is 3.00 bits per heavy atom. The molecule has 0 unspecified atom stereocenters. The topological polar surface area (TPSA) is 35.2 Å². The zero-order valence-electron chi connectivity index (χ0n) is 7.79. The van der Waals surface area contributed by atoms with Gasteiger partial charge in [0.15, 0.2) is 0 Å². The molecule has 0 amide bonds. The number of hydrogen-bond acceptors (Lipinski definition) is 2. The summed E-state index contributed by atoms with van der Waals surface area (Å²) in [6.45, 7) is 0.564. The van der Waals surface area contributed by atoms with Crippen LogP contribution in [0.5, 0.6) is 5.75 Å². The quantitative estimate of drug-likeness (QED) is 0.470. The van der Waals surface area contributed by atoms with Gasteiger partial charge in [0.2, 0.25) is 0 Å². The maximum Gasteiger partial charge on any atom is 0.143 e. The first-order valence-corrected chi connectivity index (χ1v) is 4.73. The van der Waals surface area contributed by atoms with Gasteiger partial charge in [0.05, 0.1) is 12.3 Å². The third kappa shape index (κ3) is 3.20. The first kappa shape index (κ1) is 10.7. The van der Waals surface area contributed by atoms with E-state index in [1.165, 1.54) is 0 Å². The monoisotopic (exact) mass is 209 g/mol. The van der Waals surface area contributed by atoms with E-state index in [0.717, 1.165) is 6.42 Å². The van der Waals surface area contributed by atoms with E-state index in [0.29, 0.717) is 29.5 Å². The van der Waals surface area contributed by atoms with Crippen molar-refractivity contribution in [3.05, 3.63) is 23.2 Å². The first-order valence-electron chi connectivity index (χ1n) is 4.35. The van der Waals surface area contributed by atoms with E-state index < -0.39 is 0 Å². The van der Waals surface area contributed by atoms with Crippen LogP contribution < -0.4 is 10.5 Å². The fourth-order valence-electron chi connectivity index (χ4n) is 0.990. The molecule has 0 aliphatic rings. The van der Waals surface area contributed by atoms with Crippen LogP contribution in [0.15, 0.2) is 18.2 Å². The van der Waals surface area contributed by atoms with E-state index in [2.05, 4.69) is 5.92 Å². The molecule has 1 rings (SSSR count). The normalized spacial score (nSPS) is 9.43. The summed E-state index contributed by atoms with van der Waals surface area (Å²) in [5, 5.41) is 0.617. The molecule has 0 radical (unpaired) electrons. The lowest BCUT2D eigenvalue weighted by Gasteiger charge is -2.07. The van der Waals surface area contributed by atoms with Crippen LogP contribution in [0.4, 0.5) is 5.69 Å². The molecule has 0 aromatic heterocycles. The van der Waals surface area contributed by atoms with Crippen molar-refractivity contribution in [2.24, 2.45) is 0 Å². The second-order valence-corrected chi connectivity index (χ2v) is 3.27. The Bertz CT molecular complexity index is 344. The summed E-state index contributed by atoms with van der Waals surface area (Å²) >= 11 is 5.79. The van der Waals surface area contributed by atoms with Gasteiger partial charge in [-0.25, -0.2) is 0 Å². The summed E-state index contributed by atoms with van der Waals surface area (Å²) in [5.41, 5.74) is 6.27. The molecule has 0 heterocycles. The maximum absolute atomic E-state index is 5.79. The number of halogens is 1. The molecule has 3 heteroatoms. The van der Waals surface area contributed by atoms with Gasteiger partial charge in [0, 0.05) is 17.5 Å². The smallest absolute Gasteiger partial charge is 0.143 e. The van der Waals surface area contributed by atoms with E-state index in [9.17, 15) is 0 Å². The predicted octanol–water partition coefficient (Wildman–Crippen LogP) is 2.71. The van der Waals surface area contributed by atoms with E-state index >= 15 is 0 Å². The van der Waals surface area contributed by atoms with Crippen LogP contribution in [0.3, 0.4) is 0 Å². The van der Waals surface area contributed by atoms with Crippen molar-refractivity contribution in [3.8, 4) is 18.1 Å². The van der Waals surface area contributed by atoms with Gasteiger partial charge < -0.3 is 10.5 Å². The Balaban J connectivity index is 2.50. The molecule has 1 aromatic carbocycles. The number of benzene rings is 1. The Morgan fingerprint density at radius 2 is 2.29 bits per heavy atom. The van der Waals surface area contributed by atoms with Gasteiger partial charge in [-0.2, -0.15) is 0 Å². The van der Waals surface area contributed by atoms with Crippen LogP contribution in [0.25, 0.3) is 0 Å². The van der Waals surface area contributed by atoms with Gasteiger partial charge in [-0.3, -0.25) is 0 Å². The highest BCUT2D eigenvalue weighted by Gasteiger charge is 2.00. The van der Waals surface area contributed by atoms with E-state index in [1.54, 1.807) is 18.2 Å². The van der Waals surface area contributed by atoms with Crippen molar-refractivity contribution in [3.63, 3.8) is 0 Å². The zero-order valence-corrected chi connectivity index (χ0v) is 8.55. The van der Waals surface area contributed by atoms with Crippen LogP contribution in [0.2, 0.25) is 5.02 Å². The summed E-state index contributed by atoms with van der Waals surface area (Å²) in [7, 11) is 0. The van der Waals surface area contributed by atoms with Crippen molar-refractivity contribution in [2.45, 2.75) is 12.8 Å². The lowest BCUT2D eigenvalue weighted by molar-refractivity contribution is 0.314. The van der Waals surface area contributed by atoms with Crippen LogP contribution in [0, 0.1) is 12.3 Å². The highest BCUT2D eigenvalue weighted by Crippen LogP contribution is 2.25. The van der Waals surface area contributed by atoms with E-state index in [4.69, 9.17) is 28.5 Å². The highest BCUT2D eigenvalue weighted by atomic mass is 35.5. The van der Waals surface area contributed by atoms with Gasteiger partial charge in [0.25, 0.3) is 0 Å². The SMILES string of the molecule is C#CCCCOc1cc(Cl)ccc1N. The summed E-state index contributed by atoms with van der Waals surface area (Å²) in [4.78, 5) is 0. The molecule has 0 bridgehead atoms. The molecule has 2 nitrogen and oxygen atoms in total. The molecule has 0 aliphatic carbocycles. The second-order valence-electron chi connectivity index (χ2n) is 2.84. The molecule has 14 heavy (non-hydrogen) atoms. The Hall–Kier alpha value is -1.33. The molecular weight excluding hydrogens is 198 g/mol. The van der Waals surface area contributed by atoms with Gasteiger partial charge in [0.1, 0.15) is 5.75 Å². The lowest BCUT2D eigenvalue weighted by atomic mass is 10.3. The number of nitrogen functional groups attached to an aromatic ring is 1. The number of ether oxygens (including phenoxy) is 1. The molecule has 74 valence electrons. The van der Waals surface area contributed by atoms with Crippen molar-refractivity contribution >= 4 is 17.3 Å². The molecule has 2 N–H and O–H groups in total. The first-order chi connectivity index (χ1) is 6.74. The van der Waals surface area contributed by atoms with Crippen LogP contribution >= 0.6 is 11.6 Å². The number of unbranched alkanes of at least 4 members (excludes halogenated alkanes) is 1. The van der Waals surface area contributed by atoms with Crippen molar-refractivity contribution in [2.75, 3.05) is 12.3 Å². The van der Waals surface area contributed by atoms with Crippen LogP contribution in [-0.4, -0.2) is 6.61 Å². The van der Waals surface area contributed by atoms with Gasteiger partial charge in [-0.05, 0) is 18.6 Å². The summed E-state index contributed by atoms with van der Waals surface area (Å²) < 4.78 is 5.41. The van der Waals surface area contributed by atoms with Crippen molar-refractivity contribution in [1.82, 2.24) is 0 Å². The fourth-order valence-corrected chi connectivity index (χ4v) is 1.15. The summed E-state index contributed by atoms with van der Waals surface area (Å²) in [6.07, 6.45) is 6.64. The van der Waals surface area contributed by atoms with Gasteiger partial charge in [-0.1, -0.05) is 11.6 Å². The standard InChI is InChI=1S/C11H12ClNO/c1-2-3-4-7-14-11-8-9(12)5-6-10(11)13/h1,5-6,8H,3-4,7,13H2.